The Hall–Kier alpha value is -0.340. The van der Waals surface area contributed by atoms with Crippen LogP contribution < -0.4 is 4.90 Å². The van der Waals surface area contributed by atoms with E-state index in [0.717, 1.165) is 5.92 Å². The highest BCUT2D eigenvalue weighted by Crippen LogP contribution is 2.20. The van der Waals surface area contributed by atoms with E-state index in [2.05, 4.69) is 14.0 Å². The van der Waals surface area contributed by atoms with Crippen LogP contribution in [-0.4, -0.2) is 38.6 Å². The molecule has 1 aliphatic heterocycles. The van der Waals surface area contributed by atoms with Crippen LogP contribution in [0.1, 0.15) is 19.8 Å². The summed E-state index contributed by atoms with van der Waals surface area (Å²) in [6, 6.07) is 0. The van der Waals surface area contributed by atoms with Crippen molar-refractivity contribution >= 4 is 10.1 Å². The Bertz CT molecular complexity index is 284. The lowest BCUT2D eigenvalue weighted by atomic mass is 10.00. The van der Waals surface area contributed by atoms with Gasteiger partial charge in [0.2, 0.25) is 0 Å². The minimum atomic E-state index is -6.09. The zero-order valence-electron chi connectivity index (χ0n) is 9.17. The van der Waals surface area contributed by atoms with Crippen LogP contribution in [0.2, 0.25) is 0 Å². The third kappa shape index (κ3) is 6.29. The molecule has 4 nitrogen and oxygen atoms in total. The average Bonchev–Trinajstić information content (AvgIpc) is 2.08. The summed E-state index contributed by atoms with van der Waals surface area (Å²) in [5.74, 6) is 0.999. The zero-order valence-corrected chi connectivity index (χ0v) is 9.99. The summed E-state index contributed by atoms with van der Waals surface area (Å²) in [4.78, 5) is 1.71. The molecular weight excluding hydrogens is 247 g/mol. The van der Waals surface area contributed by atoms with Crippen LogP contribution in [0, 0.1) is 5.92 Å². The molecule has 1 N–H and O–H groups in total. The fourth-order valence-electron chi connectivity index (χ4n) is 1.25. The molecule has 8 heteroatoms. The third-order valence-electron chi connectivity index (χ3n) is 2.41. The van der Waals surface area contributed by atoms with Gasteiger partial charge in [0.25, 0.3) is 0 Å². The van der Waals surface area contributed by atoms with Crippen molar-refractivity contribution in [3.63, 3.8) is 0 Å². The second-order valence-corrected chi connectivity index (χ2v) is 5.41. The minimum Gasteiger partial charge on any atom is -0.741 e. The number of hydrogen-bond donors (Lipinski definition) is 1. The first kappa shape index (κ1) is 15.7. The zero-order chi connectivity index (χ0) is 13.0. The summed E-state index contributed by atoms with van der Waals surface area (Å²) >= 11 is 0. The van der Waals surface area contributed by atoms with Gasteiger partial charge in [-0.25, -0.2) is 8.42 Å². The van der Waals surface area contributed by atoms with E-state index >= 15 is 0 Å². The van der Waals surface area contributed by atoms with E-state index in [-0.39, 0.29) is 0 Å². The van der Waals surface area contributed by atoms with Gasteiger partial charge < -0.3 is 9.45 Å². The molecule has 0 atom stereocenters. The maximum atomic E-state index is 10.7. The van der Waals surface area contributed by atoms with Crippen LogP contribution in [0.3, 0.4) is 0 Å². The smallest absolute Gasteiger partial charge is 0.485 e. The van der Waals surface area contributed by atoms with Crippen LogP contribution in [0.5, 0.6) is 0 Å². The standard InChI is InChI=1S/C7H15N.CHF3O3S/c1-7-3-5-8(2)6-4-7;2-1(3,4)8(5,6)7/h7H,3-6H2,1-2H3;(H,5,6,7). The highest BCUT2D eigenvalue weighted by Gasteiger charge is 2.36. The molecule has 98 valence electrons. The molecule has 1 fully saturated rings. The van der Waals surface area contributed by atoms with Crippen molar-refractivity contribution in [1.29, 1.82) is 0 Å². The first-order valence-corrected chi connectivity index (χ1v) is 6.28. The Morgan fingerprint density at radius 2 is 1.56 bits per heavy atom. The molecule has 0 bridgehead atoms. The monoisotopic (exact) mass is 263 g/mol. The molecule has 0 saturated carbocycles. The number of hydrogen-bond acceptors (Lipinski definition) is 3. The van der Waals surface area contributed by atoms with Gasteiger partial charge in [0.1, 0.15) is 0 Å². The summed E-state index contributed by atoms with van der Waals surface area (Å²) in [5, 5.41) is 0. The third-order valence-corrected chi connectivity index (χ3v) is 2.98. The fraction of sp³-hybridized carbons (Fsp3) is 1.00. The van der Waals surface area contributed by atoms with Gasteiger partial charge >= 0.3 is 5.51 Å². The molecule has 1 saturated heterocycles. The number of alkyl halides is 3. The summed E-state index contributed by atoms with van der Waals surface area (Å²) in [6.07, 6.45) is 2.87. The molecule has 1 rings (SSSR count). The Morgan fingerprint density at radius 3 is 1.75 bits per heavy atom. The van der Waals surface area contributed by atoms with Crippen molar-refractivity contribution in [2.24, 2.45) is 5.92 Å². The van der Waals surface area contributed by atoms with E-state index in [1.807, 2.05) is 0 Å². The maximum Gasteiger partial charge on any atom is 0.485 e. The molecular formula is C8H16F3NO3S. The van der Waals surface area contributed by atoms with E-state index < -0.39 is 15.6 Å². The van der Waals surface area contributed by atoms with Crippen molar-refractivity contribution in [1.82, 2.24) is 0 Å². The predicted molar refractivity (Wildman–Crippen MR) is 50.8 cm³/mol. The van der Waals surface area contributed by atoms with E-state index in [0.29, 0.717) is 0 Å². The van der Waals surface area contributed by atoms with E-state index in [9.17, 15) is 13.2 Å². The Kier molecular flexibility index (Phi) is 5.71. The van der Waals surface area contributed by atoms with Crippen molar-refractivity contribution < 1.29 is 31.0 Å². The Balaban J connectivity index is 0.000000281. The molecule has 0 aromatic heterocycles. The summed E-state index contributed by atoms with van der Waals surface area (Å²) in [7, 11) is -3.81. The van der Waals surface area contributed by atoms with E-state index in [1.54, 1.807) is 4.90 Å². The van der Waals surface area contributed by atoms with Crippen LogP contribution in [0.15, 0.2) is 0 Å². The van der Waals surface area contributed by atoms with Crippen molar-refractivity contribution in [3.8, 4) is 0 Å². The second-order valence-electron chi connectivity index (χ2n) is 4.04. The molecule has 0 unspecified atom stereocenters. The van der Waals surface area contributed by atoms with Crippen molar-refractivity contribution in [2.75, 3.05) is 20.1 Å². The van der Waals surface area contributed by atoms with Gasteiger partial charge in [-0.1, -0.05) is 6.92 Å². The number of halogens is 3. The lowest BCUT2D eigenvalue weighted by Gasteiger charge is -2.23. The maximum absolute atomic E-state index is 10.7. The number of quaternary nitrogens is 1. The molecule has 0 aromatic carbocycles. The normalized spacial score (nSPS) is 26.9. The molecule has 1 heterocycles. The van der Waals surface area contributed by atoms with E-state index in [1.165, 1.54) is 25.9 Å². The van der Waals surface area contributed by atoms with Gasteiger partial charge in [-0.05, 0) is 18.8 Å². The molecule has 16 heavy (non-hydrogen) atoms. The second kappa shape index (κ2) is 5.83. The summed E-state index contributed by atoms with van der Waals surface area (Å²) < 4.78 is 58.9. The highest BCUT2D eigenvalue weighted by molar-refractivity contribution is 7.86. The van der Waals surface area contributed by atoms with Gasteiger partial charge in [0.15, 0.2) is 10.1 Å². The van der Waals surface area contributed by atoms with Crippen molar-refractivity contribution in [3.05, 3.63) is 0 Å². The number of nitrogens with one attached hydrogen (secondary N) is 1. The first-order chi connectivity index (χ1) is 7.04. The molecule has 0 aliphatic carbocycles. The van der Waals surface area contributed by atoms with Crippen LogP contribution in [0.25, 0.3) is 0 Å². The predicted octanol–water partition coefficient (Wildman–Crippen LogP) is -0.0176. The average molecular weight is 263 g/mol. The van der Waals surface area contributed by atoms with Gasteiger partial charge in [0, 0.05) is 0 Å². The van der Waals surface area contributed by atoms with Gasteiger partial charge in [-0.3, -0.25) is 0 Å². The lowest BCUT2D eigenvalue weighted by Crippen LogP contribution is -3.10. The number of rotatable bonds is 0. The van der Waals surface area contributed by atoms with Crippen LogP contribution >= 0.6 is 0 Å². The lowest BCUT2D eigenvalue weighted by molar-refractivity contribution is -0.885. The molecule has 0 amide bonds. The largest absolute Gasteiger partial charge is 0.741 e. The minimum absolute atomic E-state index is 0.999. The summed E-state index contributed by atoms with van der Waals surface area (Å²) in [5.41, 5.74) is -5.65. The molecule has 0 aromatic rings. The molecule has 0 radical (unpaired) electrons. The topological polar surface area (TPSA) is 61.6 Å². The number of likely N-dealkylation sites (tertiary alicyclic amines) is 1. The Labute approximate surface area is 93.2 Å². The number of piperidine rings is 1. The van der Waals surface area contributed by atoms with Crippen molar-refractivity contribution in [2.45, 2.75) is 25.3 Å². The van der Waals surface area contributed by atoms with Crippen LogP contribution in [0.4, 0.5) is 13.2 Å². The fourth-order valence-corrected chi connectivity index (χ4v) is 1.25. The van der Waals surface area contributed by atoms with E-state index in [4.69, 9.17) is 13.0 Å². The Morgan fingerprint density at radius 1 is 1.25 bits per heavy atom. The van der Waals surface area contributed by atoms with Gasteiger partial charge in [-0.2, -0.15) is 13.2 Å². The SMILES string of the molecule is CC1CC[NH+](C)CC1.O=S(=O)([O-])C(F)(F)F. The van der Waals surface area contributed by atoms with Gasteiger partial charge in [0.05, 0.1) is 20.1 Å². The first-order valence-electron chi connectivity index (χ1n) is 4.87. The van der Waals surface area contributed by atoms with Crippen LogP contribution in [-0.2, 0) is 10.1 Å². The highest BCUT2D eigenvalue weighted by atomic mass is 32.2. The van der Waals surface area contributed by atoms with Gasteiger partial charge in [-0.15, -0.1) is 0 Å². The quantitative estimate of drug-likeness (QED) is 0.493. The summed E-state index contributed by atoms with van der Waals surface area (Å²) in [6.45, 7) is 5.13. The molecule has 1 aliphatic rings. The molecule has 0 spiro atoms.